The normalized spacial score (nSPS) is 25.3. The maximum Gasteiger partial charge on any atom is 0.322 e. The molecule has 2 fully saturated rings. The quantitative estimate of drug-likeness (QED) is 0.817. The van der Waals surface area contributed by atoms with E-state index in [2.05, 4.69) is 16.7 Å². The topological polar surface area (TPSA) is 78.5 Å². The molecule has 2 unspecified atom stereocenters. The number of carbonyl (C=O) groups excluding carboxylic acids is 3. The maximum atomic E-state index is 13.1. The van der Waals surface area contributed by atoms with Crippen LogP contribution in [0.4, 0.5) is 4.79 Å². The van der Waals surface area contributed by atoms with Crippen LogP contribution in [0, 0.1) is 0 Å². The Kier molecular flexibility index (Phi) is 4.03. The molecule has 0 spiro atoms. The van der Waals surface area contributed by atoms with Gasteiger partial charge in [0.25, 0.3) is 11.8 Å². The molecule has 0 bridgehead atoms. The van der Waals surface area contributed by atoms with Crippen LogP contribution in [0.25, 0.3) is 0 Å². The van der Waals surface area contributed by atoms with Gasteiger partial charge in [0.15, 0.2) is 0 Å². The number of amides is 4. The molecule has 2 atom stereocenters. The highest BCUT2D eigenvalue weighted by molar-refractivity contribution is 7.10. The van der Waals surface area contributed by atoms with Crippen LogP contribution in [-0.2, 0) is 10.3 Å². The number of carbonyl (C=O) groups is 3. The number of hydrogen-bond donors (Lipinski definition) is 2. The monoisotopic (exact) mass is 369 g/mol. The van der Waals surface area contributed by atoms with Gasteiger partial charge in [0.05, 0.1) is 6.04 Å². The van der Waals surface area contributed by atoms with E-state index in [-0.39, 0.29) is 11.9 Å². The Bertz CT molecular complexity index is 880. The summed E-state index contributed by atoms with van der Waals surface area (Å²) in [5.74, 6) is -0.458. The number of nitrogens with one attached hydrogen (secondary N) is 2. The number of benzene rings is 1. The van der Waals surface area contributed by atoms with E-state index in [1.165, 1.54) is 4.88 Å². The van der Waals surface area contributed by atoms with Gasteiger partial charge < -0.3 is 10.2 Å². The van der Waals surface area contributed by atoms with Crippen LogP contribution in [-0.4, -0.2) is 29.3 Å². The molecular weight excluding hydrogens is 350 g/mol. The summed E-state index contributed by atoms with van der Waals surface area (Å²) in [5.41, 5.74) is -0.0365. The zero-order chi connectivity index (χ0) is 18.3. The number of rotatable bonds is 3. The smallest absolute Gasteiger partial charge is 0.322 e. The molecular formula is C19H19N3O3S. The fraction of sp³-hybridized carbons (Fsp3) is 0.316. The molecule has 26 heavy (non-hydrogen) atoms. The molecule has 7 heteroatoms. The molecule has 2 aliphatic rings. The Balaban J connectivity index is 1.63. The van der Waals surface area contributed by atoms with Crippen LogP contribution in [0.1, 0.15) is 46.6 Å². The summed E-state index contributed by atoms with van der Waals surface area (Å²) in [5, 5.41) is 6.92. The Labute approximate surface area is 155 Å². The second-order valence-corrected chi connectivity index (χ2v) is 7.77. The largest absolute Gasteiger partial charge is 0.331 e. The third kappa shape index (κ3) is 2.68. The Morgan fingerprint density at radius 3 is 2.81 bits per heavy atom. The summed E-state index contributed by atoms with van der Waals surface area (Å²) < 4.78 is 0. The molecule has 1 aromatic carbocycles. The summed E-state index contributed by atoms with van der Waals surface area (Å²) >= 11 is 1.67. The lowest BCUT2D eigenvalue weighted by atomic mass is 9.91. The van der Waals surface area contributed by atoms with Gasteiger partial charge >= 0.3 is 6.03 Å². The highest BCUT2D eigenvalue weighted by Crippen LogP contribution is 2.36. The summed E-state index contributed by atoms with van der Waals surface area (Å²) in [4.78, 5) is 39.9. The molecule has 0 aliphatic carbocycles. The van der Waals surface area contributed by atoms with E-state index in [0.29, 0.717) is 11.1 Å². The summed E-state index contributed by atoms with van der Waals surface area (Å²) in [6, 6.07) is 10.6. The predicted molar refractivity (Wildman–Crippen MR) is 97.8 cm³/mol. The minimum absolute atomic E-state index is 0.0453. The number of hydrogen-bond acceptors (Lipinski definition) is 4. The van der Waals surface area contributed by atoms with Gasteiger partial charge in [-0.05, 0) is 48.9 Å². The molecule has 4 rings (SSSR count). The van der Waals surface area contributed by atoms with E-state index in [1.807, 2.05) is 16.3 Å². The van der Waals surface area contributed by atoms with Gasteiger partial charge in [-0.3, -0.25) is 14.9 Å². The van der Waals surface area contributed by atoms with E-state index in [0.717, 1.165) is 19.4 Å². The zero-order valence-corrected chi connectivity index (χ0v) is 15.1. The molecule has 1 aromatic heterocycles. The highest BCUT2D eigenvalue weighted by atomic mass is 32.1. The highest BCUT2D eigenvalue weighted by Gasteiger charge is 2.43. The number of urea groups is 1. The molecule has 134 valence electrons. The van der Waals surface area contributed by atoms with Crippen LogP contribution in [0.5, 0.6) is 0 Å². The van der Waals surface area contributed by atoms with Crippen molar-refractivity contribution < 1.29 is 14.4 Å². The third-order valence-corrected chi connectivity index (χ3v) is 6.09. The molecule has 4 amide bonds. The van der Waals surface area contributed by atoms with Crippen molar-refractivity contribution >= 4 is 29.2 Å². The van der Waals surface area contributed by atoms with Gasteiger partial charge in [-0.1, -0.05) is 18.2 Å². The number of thiophene rings is 1. The van der Waals surface area contributed by atoms with Gasteiger partial charge in [0.2, 0.25) is 0 Å². The lowest BCUT2D eigenvalue weighted by Crippen LogP contribution is -2.40. The summed E-state index contributed by atoms with van der Waals surface area (Å²) in [6.07, 6.45) is 1.94. The van der Waals surface area contributed by atoms with Crippen molar-refractivity contribution in [3.05, 3.63) is 57.8 Å². The third-order valence-electron chi connectivity index (χ3n) is 5.12. The summed E-state index contributed by atoms with van der Waals surface area (Å²) in [7, 11) is 0. The standard InChI is InChI=1S/C19H19N3O3S/c1-19(17(24)20-18(25)21-19)13-6-2-5-12(11-13)16(23)22-9-3-7-14(22)15-8-4-10-26-15/h2,4-6,8,10-11,14H,3,7,9H2,1H3,(H2,20,21,24,25). The minimum Gasteiger partial charge on any atom is -0.331 e. The van der Waals surface area contributed by atoms with Crippen molar-refractivity contribution in [1.82, 2.24) is 15.5 Å². The van der Waals surface area contributed by atoms with Crippen molar-refractivity contribution in [3.8, 4) is 0 Å². The Hall–Kier alpha value is -2.67. The van der Waals surface area contributed by atoms with Crippen molar-refractivity contribution in [3.63, 3.8) is 0 Å². The Morgan fingerprint density at radius 1 is 1.27 bits per heavy atom. The fourth-order valence-corrected chi connectivity index (χ4v) is 4.54. The molecule has 0 saturated carbocycles. The zero-order valence-electron chi connectivity index (χ0n) is 14.3. The first-order valence-electron chi connectivity index (χ1n) is 8.57. The van der Waals surface area contributed by atoms with Gasteiger partial charge in [-0.25, -0.2) is 4.79 Å². The van der Waals surface area contributed by atoms with Crippen molar-refractivity contribution in [2.24, 2.45) is 0 Å². The SMILES string of the molecule is CC1(c2cccc(C(=O)N3CCCC3c3cccs3)c2)NC(=O)NC1=O. The lowest BCUT2D eigenvalue weighted by Gasteiger charge is -2.25. The van der Waals surface area contributed by atoms with E-state index in [1.54, 1.807) is 42.5 Å². The first-order valence-corrected chi connectivity index (χ1v) is 9.45. The second-order valence-electron chi connectivity index (χ2n) is 6.79. The predicted octanol–water partition coefficient (Wildman–Crippen LogP) is 2.78. The van der Waals surface area contributed by atoms with Crippen LogP contribution in [0.15, 0.2) is 41.8 Å². The molecule has 2 aromatic rings. The lowest BCUT2D eigenvalue weighted by molar-refractivity contribution is -0.123. The van der Waals surface area contributed by atoms with Gasteiger partial charge in [-0.2, -0.15) is 0 Å². The molecule has 6 nitrogen and oxygen atoms in total. The molecule has 3 heterocycles. The summed E-state index contributed by atoms with van der Waals surface area (Å²) in [6.45, 7) is 2.36. The first-order chi connectivity index (χ1) is 12.5. The molecule has 0 radical (unpaired) electrons. The average molecular weight is 369 g/mol. The maximum absolute atomic E-state index is 13.1. The number of likely N-dealkylation sites (tertiary alicyclic amines) is 1. The molecule has 2 saturated heterocycles. The average Bonchev–Trinajstić information content (AvgIpc) is 3.35. The van der Waals surface area contributed by atoms with Crippen LogP contribution in [0.2, 0.25) is 0 Å². The van der Waals surface area contributed by atoms with Crippen molar-refractivity contribution in [1.29, 1.82) is 0 Å². The van der Waals surface area contributed by atoms with Crippen LogP contribution < -0.4 is 10.6 Å². The van der Waals surface area contributed by atoms with Gasteiger partial charge in [-0.15, -0.1) is 11.3 Å². The van der Waals surface area contributed by atoms with E-state index < -0.39 is 17.5 Å². The van der Waals surface area contributed by atoms with Crippen molar-refractivity contribution in [2.75, 3.05) is 6.54 Å². The van der Waals surface area contributed by atoms with E-state index in [4.69, 9.17) is 0 Å². The number of imide groups is 1. The first kappa shape index (κ1) is 16.8. The molecule has 2 aliphatic heterocycles. The Morgan fingerprint density at radius 2 is 2.12 bits per heavy atom. The minimum atomic E-state index is -1.16. The van der Waals surface area contributed by atoms with Crippen LogP contribution in [0.3, 0.4) is 0 Å². The molecule has 2 N–H and O–H groups in total. The second kappa shape index (κ2) is 6.25. The van der Waals surface area contributed by atoms with E-state index in [9.17, 15) is 14.4 Å². The van der Waals surface area contributed by atoms with Crippen molar-refractivity contribution in [2.45, 2.75) is 31.3 Å². The number of nitrogens with zero attached hydrogens (tertiary/aromatic N) is 1. The fourth-order valence-electron chi connectivity index (χ4n) is 3.66. The van der Waals surface area contributed by atoms with Crippen LogP contribution >= 0.6 is 11.3 Å². The van der Waals surface area contributed by atoms with Gasteiger partial charge in [0.1, 0.15) is 5.54 Å². The van der Waals surface area contributed by atoms with Gasteiger partial charge in [0, 0.05) is 17.0 Å². The van der Waals surface area contributed by atoms with E-state index >= 15 is 0 Å².